The third kappa shape index (κ3) is 3.73. The summed E-state index contributed by atoms with van der Waals surface area (Å²) in [4.78, 5) is 28.4. The summed E-state index contributed by atoms with van der Waals surface area (Å²) in [6.07, 6.45) is -1.12. The van der Waals surface area contributed by atoms with E-state index in [-0.39, 0.29) is 5.91 Å². The molecule has 1 heterocycles. The Labute approximate surface area is 179 Å². The van der Waals surface area contributed by atoms with Crippen LogP contribution in [-0.4, -0.2) is 29.1 Å². The number of fused-ring (bicyclic) bond motifs is 2. The van der Waals surface area contributed by atoms with Crippen molar-refractivity contribution in [1.82, 2.24) is 10.3 Å². The van der Waals surface area contributed by atoms with Gasteiger partial charge >= 0.3 is 6.09 Å². The number of carboxylic acid groups (broad SMARTS) is 1. The molecule has 0 atom stereocenters. The predicted octanol–water partition coefficient (Wildman–Crippen LogP) is 5.20. The van der Waals surface area contributed by atoms with Gasteiger partial charge in [-0.2, -0.15) is 0 Å². The van der Waals surface area contributed by atoms with Gasteiger partial charge in [-0.05, 0) is 43.2 Å². The van der Waals surface area contributed by atoms with E-state index in [0.717, 1.165) is 38.8 Å². The van der Waals surface area contributed by atoms with Gasteiger partial charge in [0.05, 0.1) is 22.3 Å². The number of aryl methyl sites for hydroxylation is 2. The van der Waals surface area contributed by atoms with E-state index in [1.54, 1.807) is 19.2 Å². The van der Waals surface area contributed by atoms with Gasteiger partial charge in [0, 0.05) is 29.2 Å². The Morgan fingerprint density at radius 3 is 2.32 bits per heavy atom. The quantitative estimate of drug-likeness (QED) is 0.344. The Hall–Kier alpha value is -4.13. The highest BCUT2D eigenvalue weighted by atomic mass is 16.4. The number of carbonyl (C=O) groups excluding carboxylic acids is 1. The number of nitrogens with one attached hydrogen (secondary N) is 3. The molecule has 0 spiro atoms. The van der Waals surface area contributed by atoms with Crippen LogP contribution in [0.5, 0.6) is 0 Å². The van der Waals surface area contributed by atoms with Crippen LogP contribution in [0.15, 0.2) is 54.6 Å². The van der Waals surface area contributed by atoms with E-state index in [0.29, 0.717) is 16.8 Å². The second-order valence-electron chi connectivity index (χ2n) is 7.32. The lowest BCUT2D eigenvalue weighted by molar-refractivity contribution is 0.0964. The molecule has 4 N–H and O–H groups in total. The van der Waals surface area contributed by atoms with Crippen LogP contribution in [0.1, 0.15) is 21.5 Å². The highest BCUT2D eigenvalue weighted by Gasteiger charge is 2.16. The van der Waals surface area contributed by atoms with E-state index >= 15 is 0 Å². The van der Waals surface area contributed by atoms with Crippen LogP contribution in [0.25, 0.3) is 21.8 Å². The van der Waals surface area contributed by atoms with Crippen molar-refractivity contribution in [1.29, 1.82) is 0 Å². The maximum atomic E-state index is 12.5. The van der Waals surface area contributed by atoms with Gasteiger partial charge < -0.3 is 15.7 Å². The number of hydrogen-bond donors (Lipinski definition) is 4. The zero-order valence-corrected chi connectivity index (χ0v) is 17.4. The summed E-state index contributed by atoms with van der Waals surface area (Å²) in [6, 6.07) is 16.9. The van der Waals surface area contributed by atoms with Crippen LogP contribution in [-0.2, 0) is 0 Å². The minimum atomic E-state index is -1.12. The summed E-state index contributed by atoms with van der Waals surface area (Å²) in [7, 11) is 1.59. The average Bonchev–Trinajstić information content (AvgIpc) is 2.75. The fourth-order valence-corrected chi connectivity index (χ4v) is 3.68. The third-order valence-electron chi connectivity index (χ3n) is 5.26. The second-order valence-corrected chi connectivity index (χ2v) is 7.32. The van der Waals surface area contributed by atoms with Crippen LogP contribution in [0.4, 0.5) is 21.9 Å². The molecule has 0 saturated heterocycles. The number of rotatable bonds is 4. The van der Waals surface area contributed by atoms with Crippen molar-refractivity contribution in [2.75, 3.05) is 17.7 Å². The van der Waals surface area contributed by atoms with Crippen molar-refractivity contribution in [3.05, 3.63) is 71.3 Å². The zero-order valence-electron chi connectivity index (χ0n) is 17.4. The molecule has 0 unspecified atom stereocenters. The van der Waals surface area contributed by atoms with Crippen molar-refractivity contribution in [3.8, 4) is 0 Å². The minimum Gasteiger partial charge on any atom is -0.465 e. The summed E-state index contributed by atoms with van der Waals surface area (Å²) < 4.78 is 0. The van der Waals surface area contributed by atoms with Gasteiger partial charge in [0.2, 0.25) is 0 Å². The Bertz CT molecular complexity index is 1350. The summed E-state index contributed by atoms with van der Waals surface area (Å²) in [5.74, 6) is -0.208. The van der Waals surface area contributed by atoms with Crippen LogP contribution < -0.4 is 16.0 Å². The molecule has 0 aliphatic heterocycles. The lowest BCUT2D eigenvalue weighted by atomic mass is 10.0. The van der Waals surface area contributed by atoms with Crippen molar-refractivity contribution in [2.45, 2.75) is 13.8 Å². The molecular weight excluding hydrogens is 392 g/mol. The third-order valence-corrected chi connectivity index (χ3v) is 5.26. The van der Waals surface area contributed by atoms with Gasteiger partial charge in [0.25, 0.3) is 5.91 Å². The first-order chi connectivity index (χ1) is 14.9. The summed E-state index contributed by atoms with van der Waals surface area (Å²) >= 11 is 0. The van der Waals surface area contributed by atoms with Crippen LogP contribution >= 0.6 is 0 Å². The Morgan fingerprint density at radius 2 is 1.61 bits per heavy atom. The van der Waals surface area contributed by atoms with Crippen LogP contribution in [0, 0.1) is 13.8 Å². The van der Waals surface area contributed by atoms with E-state index in [1.807, 2.05) is 56.3 Å². The van der Waals surface area contributed by atoms with E-state index in [9.17, 15) is 9.59 Å². The van der Waals surface area contributed by atoms with Crippen molar-refractivity contribution in [3.63, 3.8) is 0 Å². The number of anilines is 3. The molecule has 4 rings (SSSR count). The molecule has 0 bridgehead atoms. The lowest BCUT2D eigenvalue weighted by Gasteiger charge is -2.17. The standard InChI is InChI=1S/C24H22N4O3/c1-13-10-11-15(12-19(13)27-24(30)31)26-21-16-7-4-6-14(2)20(16)28-22-17(21)8-5-9-18(22)23(29)25-3/h4-12,27H,1-3H3,(H,25,29)(H,26,28)(H,30,31). The van der Waals surface area contributed by atoms with E-state index in [1.165, 1.54) is 0 Å². The molecule has 1 aromatic heterocycles. The fraction of sp³-hybridized carbons (Fsp3) is 0.125. The first-order valence-corrected chi connectivity index (χ1v) is 9.81. The Kier molecular flexibility index (Phi) is 5.17. The number of amides is 2. The van der Waals surface area contributed by atoms with Crippen molar-refractivity contribution >= 4 is 50.9 Å². The SMILES string of the molecule is CNC(=O)c1cccc2c(Nc3ccc(C)c(NC(=O)O)c3)c3cccc(C)c3nc12. The maximum Gasteiger partial charge on any atom is 0.409 e. The minimum absolute atomic E-state index is 0.208. The smallest absolute Gasteiger partial charge is 0.409 e. The van der Waals surface area contributed by atoms with Gasteiger partial charge in [-0.25, -0.2) is 9.78 Å². The number of aromatic nitrogens is 1. The molecule has 2 amide bonds. The van der Waals surface area contributed by atoms with Crippen LogP contribution in [0.3, 0.4) is 0 Å². The average molecular weight is 414 g/mol. The number of benzene rings is 3. The molecule has 4 aromatic rings. The number of hydrogen-bond acceptors (Lipinski definition) is 4. The summed E-state index contributed by atoms with van der Waals surface area (Å²) in [5, 5.41) is 19.4. The summed E-state index contributed by atoms with van der Waals surface area (Å²) in [5.41, 5.74) is 5.72. The maximum absolute atomic E-state index is 12.5. The van der Waals surface area contributed by atoms with Crippen LogP contribution in [0.2, 0.25) is 0 Å². The Balaban J connectivity index is 1.97. The van der Waals surface area contributed by atoms with E-state index in [4.69, 9.17) is 10.1 Å². The monoisotopic (exact) mass is 414 g/mol. The van der Waals surface area contributed by atoms with Gasteiger partial charge in [-0.1, -0.05) is 36.4 Å². The van der Waals surface area contributed by atoms with Crippen molar-refractivity contribution < 1.29 is 14.7 Å². The number of carbonyl (C=O) groups is 2. The van der Waals surface area contributed by atoms with E-state index in [2.05, 4.69) is 16.0 Å². The first kappa shape index (κ1) is 20.2. The van der Waals surface area contributed by atoms with Crippen molar-refractivity contribution in [2.24, 2.45) is 0 Å². The molecule has 31 heavy (non-hydrogen) atoms. The largest absolute Gasteiger partial charge is 0.465 e. The molecule has 0 aliphatic carbocycles. The number of para-hydroxylation sites is 2. The van der Waals surface area contributed by atoms with Gasteiger partial charge in [-0.15, -0.1) is 0 Å². The molecule has 7 heteroatoms. The molecule has 0 aliphatic rings. The molecule has 0 saturated carbocycles. The molecule has 3 aromatic carbocycles. The van der Waals surface area contributed by atoms with Gasteiger partial charge in [-0.3, -0.25) is 10.1 Å². The highest BCUT2D eigenvalue weighted by Crippen LogP contribution is 2.36. The molecule has 7 nitrogen and oxygen atoms in total. The van der Waals surface area contributed by atoms with E-state index < -0.39 is 6.09 Å². The Morgan fingerprint density at radius 1 is 0.903 bits per heavy atom. The number of nitrogens with zero attached hydrogens (tertiary/aromatic N) is 1. The fourth-order valence-electron chi connectivity index (χ4n) is 3.68. The molecule has 0 radical (unpaired) electrons. The topological polar surface area (TPSA) is 103 Å². The molecule has 156 valence electrons. The molecular formula is C24H22N4O3. The second kappa shape index (κ2) is 7.95. The highest BCUT2D eigenvalue weighted by molar-refractivity contribution is 6.15. The predicted molar refractivity (Wildman–Crippen MR) is 123 cm³/mol. The van der Waals surface area contributed by atoms with Gasteiger partial charge in [0.1, 0.15) is 0 Å². The molecule has 0 fully saturated rings. The normalized spacial score (nSPS) is 10.8. The summed E-state index contributed by atoms with van der Waals surface area (Å²) in [6.45, 7) is 3.82. The zero-order chi connectivity index (χ0) is 22.1. The lowest BCUT2D eigenvalue weighted by Crippen LogP contribution is -2.18. The first-order valence-electron chi connectivity index (χ1n) is 9.81. The van der Waals surface area contributed by atoms with Gasteiger partial charge in [0.15, 0.2) is 0 Å². The number of pyridine rings is 1.